The topological polar surface area (TPSA) is 45.1 Å². The quantitative estimate of drug-likeness (QED) is 0.205. The Morgan fingerprint density at radius 2 is 1.79 bits per heavy atom. The van der Waals surface area contributed by atoms with Gasteiger partial charge >= 0.3 is 6.02 Å². The van der Waals surface area contributed by atoms with Gasteiger partial charge < -0.3 is 9.64 Å². The number of piperidine rings is 1. The zero-order chi connectivity index (χ0) is 23.0. The number of nitrogens with zero attached hydrogens (tertiary/aromatic N) is 3. The molecule has 0 spiro atoms. The highest BCUT2D eigenvalue weighted by Gasteiger charge is 2.40. The SMILES string of the molecule is CCCCC(CI)N=C1O/C(=C/c2ccc(N3CCCCC3)cc2)C(=O)N1C1CCCCC1. The Hall–Kier alpha value is -1.57. The molecule has 1 aromatic rings. The van der Waals surface area contributed by atoms with Gasteiger partial charge in [0, 0.05) is 29.2 Å². The Labute approximate surface area is 212 Å². The lowest BCUT2D eigenvalue weighted by molar-refractivity contribution is -0.124. The van der Waals surface area contributed by atoms with Crippen LogP contribution in [0.15, 0.2) is 35.0 Å². The highest BCUT2D eigenvalue weighted by atomic mass is 127. The fourth-order valence-electron chi connectivity index (χ4n) is 5.09. The van der Waals surface area contributed by atoms with Gasteiger partial charge in [-0.3, -0.25) is 9.69 Å². The van der Waals surface area contributed by atoms with Gasteiger partial charge in [0.25, 0.3) is 5.91 Å². The third-order valence-corrected chi connectivity index (χ3v) is 8.07. The molecule has 1 atom stereocenters. The Morgan fingerprint density at radius 1 is 1.09 bits per heavy atom. The fraction of sp³-hybridized carbons (Fsp3) is 0.630. The standard InChI is InChI=1S/C27H38IN3O2/c1-2-3-10-22(20-28)29-27-31(24-11-6-4-7-12-24)26(32)25(33-27)19-21-13-15-23(16-14-21)30-17-8-5-9-18-30/h13-16,19,22,24H,2-12,17-18,20H2,1H3/b25-19+,29-27?. The summed E-state index contributed by atoms with van der Waals surface area (Å²) < 4.78 is 7.11. The summed E-state index contributed by atoms with van der Waals surface area (Å²) in [6, 6.07) is 9.47. The van der Waals surface area contributed by atoms with Crippen LogP contribution in [0.5, 0.6) is 0 Å². The molecule has 0 bridgehead atoms. The number of rotatable bonds is 8. The van der Waals surface area contributed by atoms with Gasteiger partial charge in [-0.2, -0.15) is 0 Å². The Kier molecular flexibility index (Phi) is 9.10. The smallest absolute Gasteiger partial charge is 0.300 e. The second-order valence-corrected chi connectivity index (χ2v) is 10.5. The number of unbranched alkanes of at least 4 members (excludes halogenated alkanes) is 1. The van der Waals surface area contributed by atoms with E-state index in [1.165, 1.54) is 44.2 Å². The Bertz CT molecular complexity index is 839. The van der Waals surface area contributed by atoms with Gasteiger partial charge in [0.15, 0.2) is 5.76 Å². The van der Waals surface area contributed by atoms with Crippen LogP contribution in [-0.2, 0) is 9.53 Å². The van der Waals surface area contributed by atoms with Gasteiger partial charge in [-0.15, -0.1) is 0 Å². The first-order valence-electron chi connectivity index (χ1n) is 12.9. The van der Waals surface area contributed by atoms with Crippen LogP contribution in [-0.4, -0.2) is 46.4 Å². The summed E-state index contributed by atoms with van der Waals surface area (Å²) >= 11 is 2.40. The highest BCUT2D eigenvalue weighted by molar-refractivity contribution is 14.1. The lowest BCUT2D eigenvalue weighted by Crippen LogP contribution is -2.41. The molecule has 1 aliphatic carbocycles. The Morgan fingerprint density at radius 3 is 2.45 bits per heavy atom. The number of alkyl halides is 1. The molecule has 4 rings (SSSR count). The number of ether oxygens (including phenoxy) is 1. The van der Waals surface area contributed by atoms with Gasteiger partial charge in [-0.05, 0) is 62.3 Å². The lowest BCUT2D eigenvalue weighted by atomic mass is 9.94. The minimum absolute atomic E-state index is 0.0246. The van der Waals surface area contributed by atoms with E-state index < -0.39 is 0 Å². The first-order chi connectivity index (χ1) is 16.2. The monoisotopic (exact) mass is 563 g/mol. The predicted molar refractivity (Wildman–Crippen MR) is 145 cm³/mol. The van der Waals surface area contributed by atoms with Crippen LogP contribution in [0.1, 0.15) is 83.1 Å². The molecule has 1 saturated carbocycles. The van der Waals surface area contributed by atoms with Crippen molar-refractivity contribution in [1.82, 2.24) is 4.90 Å². The molecule has 0 N–H and O–H groups in total. The van der Waals surface area contributed by atoms with E-state index in [1.807, 2.05) is 11.0 Å². The van der Waals surface area contributed by atoms with Crippen molar-refractivity contribution >= 4 is 46.3 Å². The van der Waals surface area contributed by atoms with E-state index >= 15 is 0 Å². The lowest BCUT2D eigenvalue weighted by Gasteiger charge is -2.29. The van der Waals surface area contributed by atoms with Crippen molar-refractivity contribution in [3.63, 3.8) is 0 Å². The average Bonchev–Trinajstić information content (AvgIpc) is 3.17. The fourth-order valence-corrected chi connectivity index (χ4v) is 5.73. The van der Waals surface area contributed by atoms with Gasteiger partial charge in [-0.25, -0.2) is 4.99 Å². The maximum atomic E-state index is 13.5. The molecule has 180 valence electrons. The van der Waals surface area contributed by atoms with Crippen LogP contribution < -0.4 is 4.90 Å². The zero-order valence-electron chi connectivity index (χ0n) is 20.0. The molecular weight excluding hydrogens is 525 g/mol. The molecule has 3 aliphatic rings. The van der Waals surface area contributed by atoms with Crippen molar-refractivity contribution in [2.75, 3.05) is 22.4 Å². The molecule has 6 heteroatoms. The van der Waals surface area contributed by atoms with Crippen molar-refractivity contribution in [3.05, 3.63) is 35.6 Å². The summed E-state index contributed by atoms with van der Waals surface area (Å²) in [7, 11) is 0. The molecule has 1 unspecified atom stereocenters. The molecule has 5 nitrogen and oxygen atoms in total. The van der Waals surface area contributed by atoms with Crippen LogP contribution in [0.25, 0.3) is 6.08 Å². The zero-order valence-corrected chi connectivity index (χ0v) is 22.1. The summed E-state index contributed by atoms with van der Waals surface area (Å²) in [5.41, 5.74) is 2.27. The highest BCUT2D eigenvalue weighted by Crippen LogP contribution is 2.30. The summed E-state index contributed by atoms with van der Waals surface area (Å²) in [5, 5.41) is 0. The van der Waals surface area contributed by atoms with Crippen molar-refractivity contribution in [3.8, 4) is 0 Å². The van der Waals surface area contributed by atoms with Crippen molar-refractivity contribution in [1.29, 1.82) is 0 Å². The largest absolute Gasteiger partial charge is 0.420 e. The number of hydrogen-bond acceptors (Lipinski definition) is 4. The number of carbonyl (C=O) groups is 1. The number of anilines is 1. The van der Waals surface area contributed by atoms with E-state index in [4.69, 9.17) is 9.73 Å². The number of hydrogen-bond donors (Lipinski definition) is 0. The molecule has 1 amide bonds. The van der Waals surface area contributed by atoms with Crippen molar-refractivity contribution in [2.24, 2.45) is 4.99 Å². The third-order valence-electron chi connectivity index (χ3n) is 7.05. The number of amidine groups is 1. The van der Waals surface area contributed by atoms with Crippen molar-refractivity contribution < 1.29 is 9.53 Å². The molecule has 2 saturated heterocycles. The summed E-state index contributed by atoms with van der Waals surface area (Å²) in [5.74, 6) is 0.385. The maximum Gasteiger partial charge on any atom is 0.300 e. The van der Waals surface area contributed by atoms with Crippen LogP contribution in [0.2, 0.25) is 0 Å². The number of aliphatic imine (C=N–C) groups is 1. The maximum absolute atomic E-state index is 13.5. The minimum Gasteiger partial charge on any atom is -0.420 e. The van der Waals surface area contributed by atoms with Gasteiger partial charge in [0.2, 0.25) is 0 Å². The van der Waals surface area contributed by atoms with Crippen LogP contribution in [0, 0.1) is 0 Å². The van der Waals surface area contributed by atoms with E-state index in [2.05, 4.69) is 58.7 Å². The number of amides is 1. The van der Waals surface area contributed by atoms with Gasteiger partial charge in [0.05, 0.1) is 6.04 Å². The van der Waals surface area contributed by atoms with Crippen LogP contribution >= 0.6 is 22.6 Å². The van der Waals surface area contributed by atoms with Gasteiger partial charge in [-0.1, -0.05) is 73.8 Å². The van der Waals surface area contributed by atoms with Crippen LogP contribution in [0.3, 0.4) is 0 Å². The van der Waals surface area contributed by atoms with E-state index in [0.717, 1.165) is 55.2 Å². The number of carbonyl (C=O) groups excluding carboxylic acids is 1. The average molecular weight is 564 g/mol. The third kappa shape index (κ3) is 6.31. The number of halogens is 1. The van der Waals surface area contributed by atoms with Crippen molar-refractivity contribution in [2.45, 2.75) is 89.6 Å². The first kappa shape index (κ1) is 24.6. The second-order valence-electron chi connectivity index (χ2n) is 9.58. The van der Waals surface area contributed by atoms with Crippen LogP contribution in [0.4, 0.5) is 5.69 Å². The first-order valence-corrected chi connectivity index (χ1v) is 14.4. The number of benzene rings is 1. The molecule has 0 aromatic heterocycles. The normalized spacial score (nSPS) is 23.4. The summed E-state index contributed by atoms with van der Waals surface area (Å²) in [6.07, 6.45) is 14.8. The minimum atomic E-state index is -0.0246. The molecule has 2 heterocycles. The molecule has 2 aliphatic heterocycles. The van der Waals surface area contributed by atoms with E-state index in [-0.39, 0.29) is 18.0 Å². The molecular formula is C27H38IN3O2. The summed E-state index contributed by atoms with van der Waals surface area (Å²) in [4.78, 5) is 22.7. The molecule has 33 heavy (non-hydrogen) atoms. The van der Waals surface area contributed by atoms with E-state index in [0.29, 0.717) is 11.8 Å². The summed E-state index contributed by atoms with van der Waals surface area (Å²) in [6.45, 7) is 4.47. The Balaban J connectivity index is 1.55. The second kappa shape index (κ2) is 12.2. The molecule has 0 radical (unpaired) electrons. The molecule has 3 fully saturated rings. The predicted octanol–water partition coefficient (Wildman–Crippen LogP) is 6.56. The van der Waals surface area contributed by atoms with E-state index in [1.54, 1.807) is 0 Å². The van der Waals surface area contributed by atoms with Gasteiger partial charge in [0.1, 0.15) is 0 Å². The molecule has 1 aromatic carbocycles. The van der Waals surface area contributed by atoms with E-state index in [9.17, 15) is 4.79 Å².